The standard InChI is InChI=1S/C26H28ClN5O3/c1-5-6-20-22-23(32(4)31-20)25(28-14-16-7-12-21(19(27)13-16)35-15(2)3)30-24(29-22)17-8-10-18(11-9-17)26(33)34/h7-13,15H,5-6,14H2,1-4H3,(H,33,34)(H,28,29,30). The SMILES string of the molecule is CCCc1nn(C)c2c(NCc3ccc(OC(C)C)c(Cl)c3)nc(-c3ccc(C(=O)O)cc3)nc12. The van der Waals surface area contributed by atoms with Crippen molar-refractivity contribution in [3.63, 3.8) is 0 Å². The number of nitrogens with one attached hydrogen (secondary N) is 1. The monoisotopic (exact) mass is 493 g/mol. The molecule has 0 radical (unpaired) electrons. The Balaban J connectivity index is 1.71. The van der Waals surface area contributed by atoms with Gasteiger partial charge in [0.1, 0.15) is 16.8 Å². The number of hydrogen-bond acceptors (Lipinski definition) is 6. The molecule has 2 aromatic carbocycles. The third-order valence-electron chi connectivity index (χ3n) is 5.45. The highest BCUT2D eigenvalue weighted by molar-refractivity contribution is 6.32. The molecule has 182 valence electrons. The summed E-state index contributed by atoms with van der Waals surface area (Å²) in [5.74, 6) is 0.818. The summed E-state index contributed by atoms with van der Waals surface area (Å²) in [4.78, 5) is 20.8. The highest BCUT2D eigenvalue weighted by Crippen LogP contribution is 2.30. The first-order valence-corrected chi connectivity index (χ1v) is 11.9. The molecule has 2 N–H and O–H groups in total. The Hall–Kier alpha value is -3.65. The molecule has 0 atom stereocenters. The minimum absolute atomic E-state index is 0.0379. The maximum absolute atomic E-state index is 11.2. The van der Waals surface area contributed by atoms with E-state index >= 15 is 0 Å². The summed E-state index contributed by atoms with van der Waals surface area (Å²) in [6.07, 6.45) is 1.76. The van der Waals surface area contributed by atoms with Gasteiger partial charge in [0, 0.05) is 19.2 Å². The fourth-order valence-corrected chi connectivity index (χ4v) is 4.10. The Morgan fingerprint density at radius 1 is 1.17 bits per heavy atom. The van der Waals surface area contributed by atoms with Gasteiger partial charge < -0.3 is 15.2 Å². The predicted molar refractivity (Wildman–Crippen MR) is 137 cm³/mol. The Bertz CT molecular complexity index is 1370. The third kappa shape index (κ3) is 5.38. The minimum atomic E-state index is -0.976. The lowest BCUT2D eigenvalue weighted by atomic mass is 10.1. The van der Waals surface area contributed by atoms with Gasteiger partial charge in [-0.1, -0.05) is 43.1 Å². The van der Waals surface area contributed by atoms with Gasteiger partial charge in [-0.25, -0.2) is 14.8 Å². The zero-order valence-corrected chi connectivity index (χ0v) is 20.9. The predicted octanol–water partition coefficient (Wildman–Crippen LogP) is 5.73. The maximum Gasteiger partial charge on any atom is 0.335 e. The van der Waals surface area contributed by atoms with E-state index in [4.69, 9.17) is 26.3 Å². The van der Waals surface area contributed by atoms with Crippen LogP contribution in [-0.2, 0) is 20.0 Å². The molecule has 4 rings (SSSR count). The second-order valence-electron chi connectivity index (χ2n) is 8.58. The summed E-state index contributed by atoms with van der Waals surface area (Å²) in [5.41, 5.74) is 4.40. The topological polar surface area (TPSA) is 102 Å². The van der Waals surface area contributed by atoms with Crippen LogP contribution in [0.25, 0.3) is 22.4 Å². The van der Waals surface area contributed by atoms with Crippen LogP contribution in [0, 0.1) is 0 Å². The molecule has 0 aliphatic heterocycles. The number of rotatable bonds is 9. The Morgan fingerprint density at radius 2 is 1.91 bits per heavy atom. The lowest BCUT2D eigenvalue weighted by molar-refractivity contribution is 0.0697. The molecule has 0 fully saturated rings. The average Bonchev–Trinajstić information content (AvgIpc) is 3.14. The number of anilines is 1. The number of hydrogen-bond donors (Lipinski definition) is 2. The second kappa shape index (κ2) is 10.3. The third-order valence-corrected chi connectivity index (χ3v) is 5.74. The summed E-state index contributed by atoms with van der Waals surface area (Å²) in [6.45, 7) is 6.50. The van der Waals surface area contributed by atoms with Crippen LogP contribution in [0.3, 0.4) is 0 Å². The first-order chi connectivity index (χ1) is 16.8. The molecule has 4 aromatic rings. The molecule has 9 heteroatoms. The zero-order chi connectivity index (χ0) is 25.1. The number of carboxylic acids is 1. The van der Waals surface area contributed by atoms with Crippen LogP contribution in [0.1, 0.15) is 48.8 Å². The van der Waals surface area contributed by atoms with E-state index in [1.807, 2.05) is 39.1 Å². The molecule has 0 unspecified atom stereocenters. The number of carbonyl (C=O) groups is 1. The summed E-state index contributed by atoms with van der Waals surface area (Å²) in [7, 11) is 1.88. The number of benzene rings is 2. The van der Waals surface area contributed by atoms with Crippen molar-refractivity contribution in [2.75, 3.05) is 5.32 Å². The number of fused-ring (bicyclic) bond motifs is 1. The fourth-order valence-electron chi connectivity index (χ4n) is 3.85. The van der Waals surface area contributed by atoms with Crippen molar-refractivity contribution in [3.05, 3.63) is 64.3 Å². The van der Waals surface area contributed by atoms with Crippen LogP contribution < -0.4 is 10.1 Å². The largest absolute Gasteiger partial charge is 0.489 e. The van der Waals surface area contributed by atoms with E-state index in [2.05, 4.69) is 17.3 Å². The van der Waals surface area contributed by atoms with E-state index in [0.717, 1.165) is 40.7 Å². The number of carboxylic acid groups (broad SMARTS) is 1. The molecular formula is C26H28ClN5O3. The first kappa shape index (κ1) is 24.5. The number of aromatic carboxylic acids is 1. The first-order valence-electron chi connectivity index (χ1n) is 11.5. The van der Waals surface area contributed by atoms with E-state index in [1.54, 1.807) is 28.9 Å². The highest BCUT2D eigenvalue weighted by Gasteiger charge is 2.18. The molecule has 0 saturated carbocycles. The number of aryl methyl sites for hydroxylation is 2. The van der Waals surface area contributed by atoms with Crippen LogP contribution in [0.4, 0.5) is 5.82 Å². The molecule has 8 nitrogen and oxygen atoms in total. The van der Waals surface area contributed by atoms with Gasteiger partial charge in [0.25, 0.3) is 0 Å². The molecule has 0 bridgehead atoms. The quantitative estimate of drug-likeness (QED) is 0.306. The molecule has 0 aliphatic rings. The molecule has 35 heavy (non-hydrogen) atoms. The zero-order valence-electron chi connectivity index (χ0n) is 20.2. The van der Waals surface area contributed by atoms with Crippen molar-refractivity contribution in [2.24, 2.45) is 7.05 Å². The smallest absolute Gasteiger partial charge is 0.335 e. The Morgan fingerprint density at radius 3 is 2.54 bits per heavy atom. The van der Waals surface area contributed by atoms with Crippen LogP contribution >= 0.6 is 11.6 Å². The summed E-state index contributed by atoms with van der Waals surface area (Å²) < 4.78 is 7.53. The molecule has 2 aromatic heterocycles. The Kier molecular flexibility index (Phi) is 7.21. The van der Waals surface area contributed by atoms with Crippen LogP contribution in [-0.4, -0.2) is 36.9 Å². The number of halogens is 1. The maximum atomic E-state index is 11.2. The van der Waals surface area contributed by atoms with Crippen molar-refractivity contribution in [3.8, 4) is 17.1 Å². The molecule has 0 aliphatic carbocycles. The number of aromatic nitrogens is 4. The highest BCUT2D eigenvalue weighted by atomic mass is 35.5. The normalized spacial score (nSPS) is 11.3. The molecule has 0 amide bonds. The lowest BCUT2D eigenvalue weighted by Gasteiger charge is -2.13. The van der Waals surface area contributed by atoms with E-state index in [0.29, 0.717) is 29.0 Å². The van der Waals surface area contributed by atoms with Gasteiger partial charge in [-0.05, 0) is 50.1 Å². The van der Waals surface area contributed by atoms with Crippen molar-refractivity contribution >= 4 is 34.4 Å². The molecule has 0 saturated heterocycles. The number of ether oxygens (including phenoxy) is 1. The van der Waals surface area contributed by atoms with Crippen molar-refractivity contribution in [1.29, 1.82) is 0 Å². The van der Waals surface area contributed by atoms with Gasteiger partial charge in [-0.15, -0.1) is 0 Å². The van der Waals surface area contributed by atoms with E-state index < -0.39 is 5.97 Å². The van der Waals surface area contributed by atoms with Gasteiger partial charge in [0.15, 0.2) is 11.6 Å². The lowest BCUT2D eigenvalue weighted by Crippen LogP contribution is -2.08. The van der Waals surface area contributed by atoms with Crippen molar-refractivity contribution in [2.45, 2.75) is 46.3 Å². The average molecular weight is 494 g/mol. The second-order valence-corrected chi connectivity index (χ2v) is 8.99. The van der Waals surface area contributed by atoms with Crippen molar-refractivity contribution < 1.29 is 14.6 Å². The summed E-state index contributed by atoms with van der Waals surface area (Å²) >= 11 is 6.42. The summed E-state index contributed by atoms with van der Waals surface area (Å²) in [5, 5.41) is 17.9. The fraction of sp³-hybridized carbons (Fsp3) is 0.308. The van der Waals surface area contributed by atoms with E-state index in [1.165, 1.54) is 0 Å². The van der Waals surface area contributed by atoms with E-state index in [9.17, 15) is 9.90 Å². The summed E-state index contributed by atoms with van der Waals surface area (Å²) in [6, 6.07) is 12.3. The van der Waals surface area contributed by atoms with Gasteiger partial charge in [0.2, 0.25) is 0 Å². The Labute approximate surface area is 208 Å². The molecule has 2 heterocycles. The molecular weight excluding hydrogens is 466 g/mol. The van der Waals surface area contributed by atoms with Crippen LogP contribution in [0.15, 0.2) is 42.5 Å². The van der Waals surface area contributed by atoms with Gasteiger partial charge in [-0.2, -0.15) is 5.10 Å². The van der Waals surface area contributed by atoms with E-state index in [-0.39, 0.29) is 11.7 Å². The molecule has 0 spiro atoms. The van der Waals surface area contributed by atoms with Crippen LogP contribution in [0.5, 0.6) is 5.75 Å². The van der Waals surface area contributed by atoms with Crippen LogP contribution in [0.2, 0.25) is 5.02 Å². The van der Waals surface area contributed by atoms with Gasteiger partial charge >= 0.3 is 5.97 Å². The van der Waals surface area contributed by atoms with Gasteiger partial charge in [-0.3, -0.25) is 4.68 Å². The van der Waals surface area contributed by atoms with Gasteiger partial charge in [0.05, 0.1) is 22.4 Å². The number of nitrogens with zero attached hydrogens (tertiary/aromatic N) is 4. The minimum Gasteiger partial charge on any atom is -0.489 e. The van der Waals surface area contributed by atoms with Crippen molar-refractivity contribution in [1.82, 2.24) is 19.7 Å².